The Bertz CT molecular complexity index is 646. The molecule has 2 aliphatic carbocycles. The number of aryl methyl sites for hydroxylation is 1. The molecule has 0 bridgehead atoms. The lowest BCUT2D eigenvalue weighted by atomic mass is 9.60. The fourth-order valence-electron chi connectivity index (χ4n) is 4.31. The summed E-state index contributed by atoms with van der Waals surface area (Å²) in [6.07, 6.45) is 8.36. The maximum absolute atomic E-state index is 6.02. The number of rotatable bonds is 7. The van der Waals surface area contributed by atoms with Gasteiger partial charge in [0.05, 0.1) is 6.10 Å². The van der Waals surface area contributed by atoms with Crippen LogP contribution >= 0.6 is 0 Å². The van der Waals surface area contributed by atoms with E-state index in [0.29, 0.717) is 25.2 Å². The highest BCUT2D eigenvalue weighted by Crippen LogP contribution is 2.54. The third kappa shape index (κ3) is 3.63. The minimum Gasteiger partial charge on any atom is -0.378 e. The van der Waals surface area contributed by atoms with E-state index < -0.39 is 0 Å². The molecule has 7 nitrogen and oxygen atoms in total. The predicted octanol–water partition coefficient (Wildman–Crippen LogP) is 2.08. The van der Waals surface area contributed by atoms with Crippen LogP contribution in [0.1, 0.15) is 50.7 Å². The van der Waals surface area contributed by atoms with Crippen LogP contribution in [0.3, 0.4) is 0 Å². The zero-order chi connectivity index (χ0) is 18.6. The lowest BCUT2D eigenvalue weighted by Crippen LogP contribution is -2.65. The maximum atomic E-state index is 6.02. The Kier molecular flexibility index (Phi) is 5.96. The van der Waals surface area contributed by atoms with Crippen LogP contribution in [0.4, 0.5) is 0 Å². The van der Waals surface area contributed by atoms with Crippen molar-refractivity contribution in [3.8, 4) is 0 Å². The fraction of sp³-hybridized carbons (Fsp3) is 0.737. The molecule has 1 heterocycles. The van der Waals surface area contributed by atoms with Crippen molar-refractivity contribution in [3.05, 3.63) is 24.3 Å². The highest BCUT2D eigenvalue weighted by Gasteiger charge is 2.56. The third-order valence-corrected chi connectivity index (χ3v) is 5.97. The van der Waals surface area contributed by atoms with Crippen LogP contribution in [0, 0.1) is 12.3 Å². The second-order valence-corrected chi connectivity index (χ2v) is 7.37. The molecular weight excluding hydrogens is 328 g/mol. The number of aromatic nitrogens is 3. The van der Waals surface area contributed by atoms with Crippen molar-refractivity contribution in [2.75, 3.05) is 13.2 Å². The van der Waals surface area contributed by atoms with Crippen molar-refractivity contribution >= 4 is 5.96 Å². The molecule has 0 radical (unpaired) electrons. The van der Waals surface area contributed by atoms with Crippen LogP contribution in [0.25, 0.3) is 0 Å². The Morgan fingerprint density at radius 1 is 1.42 bits per heavy atom. The molecule has 7 heteroatoms. The summed E-state index contributed by atoms with van der Waals surface area (Å²) in [6.45, 7) is 9.80. The smallest absolute Gasteiger partial charge is 0.192 e. The standard InChI is InChI=1S/C19H32N6O/c1-5-11-20-18(21-13-17-24-23-14(3)25(17)4)22-15-12-16(26-6-2)19(15)9-7-8-10-19/h5,15-16H,1,6-13H2,2-4H3,(H2,20,21,22). The summed E-state index contributed by atoms with van der Waals surface area (Å²) in [4.78, 5) is 4.74. The molecule has 2 saturated carbocycles. The Morgan fingerprint density at radius 2 is 2.19 bits per heavy atom. The lowest BCUT2D eigenvalue weighted by molar-refractivity contribution is -0.125. The van der Waals surface area contributed by atoms with E-state index in [-0.39, 0.29) is 5.41 Å². The van der Waals surface area contributed by atoms with Gasteiger partial charge in [-0.05, 0) is 33.1 Å². The molecule has 0 aromatic carbocycles. The third-order valence-electron chi connectivity index (χ3n) is 5.97. The highest BCUT2D eigenvalue weighted by molar-refractivity contribution is 5.80. The summed E-state index contributed by atoms with van der Waals surface area (Å²) in [5, 5.41) is 15.3. The topological polar surface area (TPSA) is 76.4 Å². The van der Waals surface area contributed by atoms with Crippen LogP contribution in [-0.4, -0.2) is 46.0 Å². The van der Waals surface area contributed by atoms with Gasteiger partial charge in [-0.2, -0.15) is 0 Å². The molecule has 2 atom stereocenters. The summed E-state index contributed by atoms with van der Waals surface area (Å²) in [6, 6.07) is 0.416. The lowest BCUT2D eigenvalue weighted by Gasteiger charge is -2.54. The van der Waals surface area contributed by atoms with E-state index in [4.69, 9.17) is 9.73 Å². The normalized spacial score (nSPS) is 24.5. The molecular formula is C19H32N6O. The molecule has 0 amide bonds. The molecule has 3 rings (SSSR count). The van der Waals surface area contributed by atoms with Crippen LogP contribution in [0.5, 0.6) is 0 Å². The molecule has 144 valence electrons. The van der Waals surface area contributed by atoms with Gasteiger partial charge in [0, 0.05) is 31.7 Å². The summed E-state index contributed by atoms with van der Waals surface area (Å²) in [5.74, 6) is 2.57. The van der Waals surface area contributed by atoms with Crippen molar-refractivity contribution in [1.29, 1.82) is 0 Å². The maximum Gasteiger partial charge on any atom is 0.192 e. The first-order valence-corrected chi connectivity index (χ1v) is 9.73. The molecule has 1 spiro atoms. The van der Waals surface area contributed by atoms with Gasteiger partial charge in [0.25, 0.3) is 0 Å². The first kappa shape index (κ1) is 18.9. The number of nitrogens with one attached hydrogen (secondary N) is 2. The van der Waals surface area contributed by atoms with Gasteiger partial charge >= 0.3 is 0 Å². The summed E-state index contributed by atoms with van der Waals surface area (Å²) < 4.78 is 7.99. The molecule has 2 unspecified atom stereocenters. The van der Waals surface area contributed by atoms with Crippen LogP contribution in [0.15, 0.2) is 17.6 Å². The van der Waals surface area contributed by atoms with E-state index in [9.17, 15) is 0 Å². The summed E-state index contributed by atoms with van der Waals surface area (Å²) in [7, 11) is 1.97. The molecule has 2 aliphatic rings. The van der Waals surface area contributed by atoms with Gasteiger partial charge in [0.2, 0.25) is 0 Å². The largest absolute Gasteiger partial charge is 0.378 e. The van der Waals surface area contributed by atoms with Gasteiger partial charge in [-0.25, -0.2) is 4.99 Å². The van der Waals surface area contributed by atoms with Crippen molar-refractivity contribution in [3.63, 3.8) is 0 Å². The molecule has 1 aromatic rings. The first-order valence-electron chi connectivity index (χ1n) is 9.73. The average molecular weight is 361 g/mol. The first-order chi connectivity index (χ1) is 12.6. The van der Waals surface area contributed by atoms with Crippen molar-refractivity contribution < 1.29 is 4.74 Å². The molecule has 26 heavy (non-hydrogen) atoms. The minimum absolute atomic E-state index is 0.272. The quantitative estimate of drug-likeness (QED) is 0.442. The number of ether oxygens (including phenoxy) is 1. The number of hydrogen-bond donors (Lipinski definition) is 2. The Balaban J connectivity index is 1.69. The van der Waals surface area contributed by atoms with Crippen molar-refractivity contribution in [2.45, 2.75) is 64.6 Å². The van der Waals surface area contributed by atoms with Crippen molar-refractivity contribution in [1.82, 2.24) is 25.4 Å². The number of hydrogen-bond acceptors (Lipinski definition) is 4. The second kappa shape index (κ2) is 8.20. The molecule has 0 saturated heterocycles. The molecule has 2 fully saturated rings. The molecule has 2 N–H and O–H groups in total. The summed E-state index contributed by atoms with van der Waals surface area (Å²) >= 11 is 0. The van der Waals surface area contributed by atoms with E-state index in [1.807, 2.05) is 24.6 Å². The predicted molar refractivity (Wildman–Crippen MR) is 103 cm³/mol. The number of nitrogens with zero attached hydrogens (tertiary/aromatic N) is 4. The van der Waals surface area contributed by atoms with E-state index in [0.717, 1.165) is 30.6 Å². The van der Waals surface area contributed by atoms with E-state index in [1.54, 1.807) is 0 Å². The Hall–Kier alpha value is -1.89. The van der Waals surface area contributed by atoms with Crippen molar-refractivity contribution in [2.24, 2.45) is 17.5 Å². The number of aliphatic imine (C=N–C) groups is 1. The van der Waals surface area contributed by atoms with E-state index in [1.165, 1.54) is 25.7 Å². The SMILES string of the molecule is C=CCNC(=NCc1nnc(C)n1C)NC1CC(OCC)C12CCCC2. The Labute approximate surface area is 156 Å². The zero-order valence-electron chi connectivity index (χ0n) is 16.3. The fourth-order valence-corrected chi connectivity index (χ4v) is 4.31. The minimum atomic E-state index is 0.272. The van der Waals surface area contributed by atoms with Gasteiger partial charge in [0.15, 0.2) is 11.8 Å². The van der Waals surface area contributed by atoms with E-state index in [2.05, 4.69) is 34.3 Å². The molecule has 0 aliphatic heterocycles. The molecule has 1 aromatic heterocycles. The van der Waals surface area contributed by atoms with Gasteiger partial charge in [-0.15, -0.1) is 16.8 Å². The average Bonchev–Trinajstić information content (AvgIpc) is 3.26. The van der Waals surface area contributed by atoms with Gasteiger partial charge in [-0.1, -0.05) is 18.9 Å². The van der Waals surface area contributed by atoms with Gasteiger partial charge in [0.1, 0.15) is 12.4 Å². The van der Waals surface area contributed by atoms with Crippen LogP contribution in [-0.2, 0) is 18.3 Å². The van der Waals surface area contributed by atoms with E-state index >= 15 is 0 Å². The van der Waals surface area contributed by atoms with Crippen LogP contribution in [0.2, 0.25) is 0 Å². The highest BCUT2D eigenvalue weighted by atomic mass is 16.5. The second-order valence-electron chi connectivity index (χ2n) is 7.37. The zero-order valence-corrected chi connectivity index (χ0v) is 16.3. The Morgan fingerprint density at radius 3 is 2.81 bits per heavy atom. The summed E-state index contributed by atoms with van der Waals surface area (Å²) in [5.41, 5.74) is 0.272. The number of guanidine groups is 1. The monoisotopic (exact) mass is 360 g/mol. The van der Waals surface area contributed by atoms with Gasteiger partial charge in [-0.3, -0.25) is 0 Å². The van der Waals surface area contributed by atoms with Gasteiger partial charge < -0.3 is 19.9 Å². The van der Waals surface area contributed by atoms with Crippen LogP contribution < -0.4 is 10.6 Å².